The molecule has 1 aromatic carbocycles. The van der Waals surface area contributed by atoms with E-state index in [1.54, 1.807) is 26.0 Å². The summed E-state index contributed by atoms with van der Waals surface area (Å²) in [6, 6.07) is 6.47. The number of ether oxygens (including phenoxy) is 2. The Balaban J connectivity index is 0.00000261. The van der Waals surface area contributed by atoms with E-state index in [-0.39, 0.29) is 18.3 Å². The summed E-state index contributed by atoms with van der Waals surface area (Å²) >= 11 is 1.68. The highest BCUT2D eigenvalue weighted by Gasteiger charge is 2.25. The molecule has 27 heavy (non-hydrogen) atoms. The first-order chi connectivity index (χ1) is 12.7. The number of nitrogens with one attached hydrogen (secondary N) is 1. The number of nitrogens with zero attached hydrogens (tertiary/aromatic N) is 1. The molecule has 1 aliphatic carbocycles. The van der Waals surface area contributed by atoms with Gasteiger partial charge in [-0.15, -0.1) is 24.2 Å². The smallest absolute Gasteiger partial charge is 0.223 e. The summed E-state index contributed by atoms with van der Waals surface area (Å²) in [5, 5.41) is 3.66. The molecular weight excluding hydrogens is 384 g/mol. The molecule has 1 aliphatic heterocycles. The van der Waals surface area contributed by atoms with E-state index in [1.165, 1.54) is 19.4 Å². The molecule has 1 heterocycles. The van der Waals surface area contributed by atoms with Crippen LogP contribution in [0.1, 0.15) is 32.1 Å². The molecule has 1 saturated heterocycles. The second-order valence-electron chi connectivity index (χ2n) is 7.12. The fourth-order valence-electron chi connectivity index (χ4n) is 3.31. The van der Waals surface area contributed by atoms with Crippen LogP contribution < -0.4 is 14.8 Å². The highest BCUT2D eigenvalue weighted by molar-refractivity contribution is 7.99. The van der Waals surface area contributed by atoms with E-state index < -0.39 is 0 Å². The minimum absolute atomic E-state index is 0. The Bertz CT molecular complexity index is 605. The molecule has 2 aliphatic rings. The molecule has 152 valence electrons. The third-order valence-electron chi connectivity index (χ3n) is 5.18. The van der Waals surface area contributed by atoms with Gasteiger partial charge in [-0.2, -0.15) is 0 Å². The Morgan fingerprint density at radius 1 is 1.15 bits per heavy atom. The van der Waals surface area contributed by atoms with Crippen LogP contribution in [0.2, 0.25) is 0 Å². The van der Waals surface area contributed by atoms with Gasteiger partial charge in [-0.05, 0) is 56.3 Å². The second-order valence-corrected chi connectivity index (χ2v) is 8.29. The predicted molar refractivity (Wildman–Crippen MR) is 112 cm³/mol. The quantitative estimate of drug-likeness (QED) is 0.625. The van der Waals surface area contributed by atoms with Crippen molar-refractivity contribution in [3.8, 4) is 11.5 Å². The van der Waals surface area contributed by atoms with E-state index >= 15 is 0 Å². The lowest BCUT2D eigenvalue weighted by molar-refractivity contribution is -0.131. The van der Waals surface area contributed by atoms with Gasteiger partial charge in [-0.25, -0.2) is 0 Å². The molecule has 1 saturated carbocycles. The molecule has 0 atom stereocenters. The number of piperidine rings is 1. The maximum absolute atomic E-state index is 12.4. The third kappa shape index (κ3) is 6.77. The Morgan fingerprint density at radius 3 is 2.48 bits per heavy atom. The van der Waals surface area contributed by atoms with Crippen molar-refractivity contribution in [1.82, 2.24) is 10.2 Å². The topological polar surface area (TPSA) is 50.8 Å². The number of halogens is 1. The number of amides is 1. The summed E-state index contributed by atoms with van der Waals surface area (Å²) in [4.78, 5) is 15.6. The third-order valence-corrected chi connectivity index (χ3v) is 6.17. The summed E-state index contributed by atoms with van der Waals surface area (Å²) in [6.07, 6.45) is 5.53. The van der Waals surface area contributed by atoms with Gasteiger partial charge in [0.15, 0.2) is 11.5 Å². The van der Waals surface area contributed by atoms with Crippen molar-refractivity contribution in [3.63, 3.8) is 0 Å². The van der Waals surface area contributed by atoms with E-state index in [9.17, 15) is 4.79 Å². The molecule has 1 N–H and O–H groups in total. The van der Waals surface area contributed by atoms with Crippen molar-refractivity contribution in [2.45, 2.75) is 43.0 Å². The summed E-state index contributed by atoms with van der Waals surface area (Å²) in [6.45, 7) is 2.95. The number of thioether (sulfide) groups is 1. The molecule has 0 unspecified atom stereocenters. The van der Waals surface area contributed by atoms with Crippen LogP contribution in [-0.4, -0.2) is 56.5 Å². The Kier molecular flexibility index (Phi) is 9.06. The molecule has 2 fully saturated rings. The molecule has 0 aromatic heterocycles. The molecule has 1 aromatic rings. The van der Waals surface area contributed by atoms with Gasteiger partial charge in [-0.1, -0.05) is 0 Å². The fourth-order valence-corrected chi connectivity index (χ4v) is 4.18. The molecule has 3 rings (SSSR count). The molecule has 0 spiro atoms. The number of carbonyl (C=O) groups is 1. The van der Waals surface area contributed by atoms with Gasteiger partial charge in [0.2, 0.25) is 5.91 Å². The van der Waals surface area contributed by atoms with Gasteiger partial charge in [0.1, 0.15) is 0 Å². The van der Waals surface area contributed by atoms with E-state index in [0.717, 1.165) is 54.0 Å². The van der Waals surface area contributed by atoms with Crippen molar-refractivity contribution in [3.05, 3.63) is 18.2 Å². The van der Waals surface area contributed by atoms with Crippen LogP contribution in [0.5, 0.6) is 11.5 Å². The van der Waals surface area contributed by atoms with Crippen molar-refractivity contribution >= 4 is 30.1 Å². The fraction of sp³-hybridized carbons (Fsp3) is 0.650. The zero-order valence-corrected chi connectivity index (χ0v) is 17.9. The zero-order valence-electron chi connectivity index (χ0n) is 16.2. The maximum atomic E-state index is 12.4. The number of hydrogen-bond donors (Lipinski definition) is 1. The van der Waals surface area contributed by atoms with Crippen LogP contribution >= 0.6 is 24.2 Å². The van der Waals surface area contributed by atoms with Gasteiger partial charge >= 0.3 is 0 Å². The summed E-state index contributed by atoms with van der Waals surface area (Å²) in [5.74, 6) is 3.44. The zero-order chi connectivity index (χ0) is 18.4. The first-order valence-electron chi connectivity index (χ1n) is 9.55. The average molecular weight is 415 g/mol. The molecule has 0 bridgehead atoms. The summed E-state index contributed by atoms with van der Waals surface area (Å²) in [5.41, 5.74) is 0. The van der Waals surface area contributed by atoms with Crippen LogP contribution in [0.25, 0.3) is 0 Å². The Labute approximate surface area is 173 Å². The SMILES string of the molecule is COc1ccc(SCCC(=O)N2CCC(NCC3CC3)CC2)cc1OC.Cl. The number of carbonyl (C=O) groups excluding carboxylic acids is 1. The lowest BCUT2D eigenvalue weighted by Crippen LogP contribution is -2.45. The van der Waals surface area contributed by atoms with Crippen LogP contribution in [0.3, 0.4) is 0 Å². The van der Waals surface area contributed by atoms with E-state index in [0.29, 0.717) is 12.5 Å². The average Bonchev–Trinajstić information content (AvgIpc) is 3.51. The van der Waals surface area contributed by atoms with E-state index in [4.69, 9.17) is 9.47 Å². The largest absolute Gasteiger partial charge is 0.493 e. The molecule has 7 heteroatoms. The number of benzene rings is 1. The summed E-state index contributed by atoms with van der Waals surface area (Å²) in [7, 11) is 3.27. The van der Waals surface area contributed by atoms with Crippen LogP contribution in [0.15, 0.2) is 23.1 Å². The minimum Gasteiger partial charge on any atom is -0.493 e. The van der Waals surface area contributed by atoms with Gasteiger partial charge in [0.05, 0.1) is 14.2 Å². The van der Waals surface area contributed by atoms with Crippen molar-refractivity contribution in [2.75, 3.05) is 39.6 Å². The van der Waals surface area contributed by atoms with Gasteiger partial charge < -0.3 is 19.7 Å². The Morgan fingerprint density at radius 2 is 1.85 bits per heavy atom. The van der Waals surface area contributed by atoms with Crippen LogP contribution in [-0.2, 0) is 4.79 Å². The van der Waals surface area contributed by atoms with Crippen LogP contribution in [0, 0.1) is 5.92 Å². The maximum Gasteiger partial charge on any atom is 0.223 e. The highest BCUT2D eigenvalue weighted by atomic mass is 35.5. The van der Waals surface area contributed by atoms with E-state index in [1.807, 2.05) is 23.1 Å². The van der Waals surface area contributed by atoms with Crippen molar-refractivity contribution in [2.24, 2.45) is 5.92 Å². The molecule has 5 nitrogen and oxygen atoms in total. The standard InChI is InChI=1S/C20H30N2O3S.ClH/c1-24-18-6-5-17(13-19(18)25-2)26-12-9-20(23)22-10-7-16(8-11-22)21-14-15-3-4-15;/h5-6,13,15-16,21H,3-4,7-12,14H2,1-2H3;1H. The van der Waals surface area contributed by atoms with Crippen molar-refractivity contribution < 1.29 is 14.3 Å². The second kappa shape index (κ2) is 11.0. The first-order valence-corrected chi connectivity index (χ1v) is 10.5. The molecule has 1 amide bonds. The van der Waals surface area contributed by atoms with Gasteiger partial charge in [0.25, 0.3) is 0 Å². The van der Waals surface area contributed by atoms with Gasteiger partial charge in [0, 0.05) is 36.2 Å². The lowest BCUT2D eigenvalue weighted by atomic mass is 10.0. The normalized spacial score (nSPS) is 17.3. The monoisotopic (exact) mass is 414 g/mol. The van der Waals surface area contributed by atoms with Crippen molar-refractivity contribution in [1.29, 1.82) is 0 Å². The molecular formula is C20H31ClN2O3S. The summed E-state index contributed by atoms with van der Waals surface area (Å²) < 4.78 is 10.6. The number of hydrogen-bond acceptors (Lipinski definition) is 5. The van der Waals surface area contributed by atoms with Gasteiger partial charge in [-0.3, -0.25) is 4.79 Å². The van der Waals surface area contributed by atoms with E-state index in [2.05, 4.69) is 5.32 Å². The number of likely N-dealkylation sites (tertiary alicyclic amines) is 1. The lowest BCUT2D eigenvalue weighted by Gasteiger charge is -2.32. The first kappa shape index (κ1) is 22.2. The molecule has 0 radical (unpaired) electrons. The minimum atomic E-state index is 0. The predicted octanol–water partition coefficient (Wildman–Crippen LogP) is 3.60. The highest BCUT2D eigenvalue weighted by Crippen LogP contribution is 2.32. The van der Waals surface area contributed by atoms with Crippen LogP contribution in [0.4, 0.5) is 0 Å². The Hall–Kier alpha value is -1.11. The number of rotatable bonds is 9. The number of methoxy groups -OCH3 is 2.